The van der Waals surface area contributed by atoms with Crippen molar-refractivity contribution in [2.45, 2.75) is 13.8 Å². The Kier molecular flexibility index (Phi) is 7.07. The van der Waals surface area contributed by atoms with E-state index in [2.05, 4.69) is 23.4 Å². The number of halogens is 1. The Bertz CT molecular complexity index is 1260. The van der Waals surface area contributed by atoms with Crippen molar-refractivity contribution >= 4 is 53.2 Å². The molecule has 11 nitrogen and oxygen atoms in total. The third-order valence-corrected chi connectivity index (χ3v) is 5.05. The first-order valence-corrected chi connectivity index (χ1v) is 10.2. The molecule has 174 valence electrons. The van der Waals surface area contributed by atoms with Gasteiger partial charge < -0.3 is 4.90 Å². The van der Waals surface area contributed by atoms with Gasteiger partial charge in [0.25, 0.3) is 0 Å². The number of aryl methyl sites for hydroxylation is 2. The van der Waals surface area contributed by atoms with E-state index in [-0.39, 0.29) is 34.2 Å². The molecule has 0 spiro atoms. The van der Waals surface area contributed by atoms with Crippen LogP contribution in [0.3, 0.4) is 0 Å². The molecule has 0 unspecified atom stereocenters. The van der Waals surface area contributed by atoms with Gasteiger partial charge in [-0.05, 0) is 50.3 Å². The fourth-order valence-corrected chi connectivity index (χ4v) is 3.42. The predicted molar refractivity (Wildman–Crippen MR) is 132 cm³/mol. The lowest BCUT2D eigenvalue weighted by Crippen LogP contribution is -2.07. The van der Waals surface area contributed by atoms with Gasteiger partial charge in [-0.1, -0.05) is 24.8 Å². The third-order valence-electron chi connectivity index (χ3n) is 4.80. The number of hydrogen-bond acceptors (Lipinski definition) is 7. The van der Waals surface area contributed by atoms with E-state index in [4.69, 9.17) is 11.6 Å². The molecular weight excluding hydrogens is 462 g/mol. The Hall–Kier alpha value is -4.51. The van der Waals surface area contributed by atoms with Crippen molar-refractivity contribution < 1.29 is 9.85 Å². The molecule has 1 aromatic carbocycles. The summed E-state index contributed by atoms with van der Waals surface area (Å²) in [5, 5.41) is 31.9. The van der Waals surface area contributed by atoms with Gasteiger partial charge in [0, 0.05) is 35.5 Å². The van der Waals surface area contributed by atoms with E-state index < -0.39 is 9.85 Å². The quantitative estimate of drug-likeness (QED) is 0.291. The van der Waals surface area contributed by atoms with Crippen LogP contribution in [0.4, 0.5) is 17.1 Å². The van der Waals surface area contributed by atoms with Crippen LogP contribution in [0.2, 0.25) is 5.02 Å². The summed E-state index contributed by atoms with van der Waals surface area (Å²) in [6, 6.07) is 6.80. The highest BCUT2D eigenvalue weighted by Crippen LogP contribution is 2.28. The average Bonchev–Trinajstić information content (AvgIpc) is 3.29. The van der Waals surface area contributed by atoms with Gasteiger partial charge in [0.05, 0.1) is 9.85 Å². The lowest BCUT2D eigenvalue weighted by Gasteiger charge is -2.16. The van der Waals surface area contributed by atoms with Gasteiger partial charge in [-0.25, -0.2) is 9.36 Å². The van der Waals surface area contributed by atoms with Gasteiger partial charge in [0.15, 0.2) is 0 Å². The van der Waals surface area contributed by atoms with E-state index in [0.29, 0.717) is 10.7 Å². The first-order chi connectivity index (χ1) is 16.2. The monoisotopic (exact) mass is 481 g/mol. The van der Waals surface area contributed by atoms with Crippen LogP contribution in [0.25, 0.3) is 24.6 Å². The predicted octanol–water partition coefficient (Wildman–Crippen LogP) is 5.52. The molecule has 0 radical (unpaired) electrons. The smallest absolute Gasteiger partial charge is 0.317 e. The molecule has 0 atom stereocenters. The lowest BCUT2D eigenvalue weighted by molar-refractivity contribution is -0.385. The summed E-state index contributed by atoms with van der Waals surface area (Å²) < 4.78 is 2.60. The summed E-state index contributed by atoms with van der Waals surface area (Å²) in [4.78, 5) is 23.7. The van der Waals surface area contributed by atoms with Crippen molar-refractivity contribution in [3.05, 3.63) is 97.9 Å². The molecule has 0 saturated carbocycles. The van der Waals surface area contributed by atoms with Crippen LogP contribution in [0.1, 0.15) is 22.8 Å². The molecule has 2 heterocycles. The molecule has 0 bridgehead atoms. The van der Waals surface area contributed by atoms with Crippen LogP contribution >= 0.6 is 11.6 Å². The first-order valence-electron chi connectivity index (χ1n) is 9.80. The standard InChI is InChI=1S/C22H20ClN7O4/c1-5-27-19(21(29(31)32)15(3)24-27)11-13-26(18-9-7-17(23)8-10-18)14-12-20-22(30(33)34)16(4)25-28(20)6-2/h5-14H,1-2H2,3-4H3/b13-11+,14-12+. The second-order valence-electron chi connectivity index (χ2n) is 6.92. The summed E-state index contributed by atoms with van der Waals surface area (Å²) in [5.41, 5.74) is 1.22. The number of aromatic nitrogens is 4. The molecule has 0 aliphatic carbocycles. The maximum Gasteiger partial charge on any atom is 0.317 e. The molecule has 12 heteroatoms. The zero-order chi connectivity index (χ0) is 25.0. The average molecular weight is 482 g/mol. The Balaban J connectivity index is 2.12. The van der Waals surface area contributed by atoms with E-state index in [1.807, 2.05) is 0 Å². The first kappa shape index (κ1) is 24.1. The Labute approximate surface area is 199 Å². The molecule has 0 amide bonds. The van der Waals surface area contributed by atoms with Gasteiger partial charge in [0.2, 0.25) is 0 Å². The molecular formula is C22H20ClN7O4. The molecule has 0 aliphatic heterocycles. The Morgan fingerprint density at radius 1 is 0.882 bits per heavy atom. The second kappa shape index (κ2) is 9.96. The maximum atomic E-state index is 11.6. The van der Waals surface area contributed by atoms with E-state index in [1.54, 1.807) is 41.6 Å². The van der Waals surface area contributed by atoms with Crippen LogP contribution in [0, 0.1) is 34.1 Å². The topological polar surface area (TPSA) is 125 Å². The second-order valence-corrected chi connectivity index (χ2v) is 7.36. The van der Waals surface area contributed by atoms with Crippen LogP contribution in [0.5, 0.6) is 0 Å². The van der Waals surface area contributed by atoms with Gasteiger partial charge in [-0.3, -0.25) is 20.2 Å². The van der Waals surface area contributed by atoms with Crippen molar-refractivity contribution in [1.29, 1.82) is 0 Å². The fourth-order valence-electron chi connectivity index (χ4n) is 3.29. The number of benzene rings is 1. The van der Waals surface area contributed by atoms with E-state index >= 15 is 0 Å². The minimum Gasteiger partial charge on any atom is -0.324 e. The van der Waals surface area contributed by atoms with Crippen LogP contribution in [-0.2, 0) is 0 Å². The largest absolute Gasteiger partial charge is 0.324 e. The Morgan fingerprint density at radius 2 is 1.29 bits per heavy atom. The molecule has 0 aliphatic rings. The zero-order valence-electron chi connectivity index (χ0n) is 18.3. The third kappa shape index (κ3) is 4.79. The van der Waals surface area contributed by atoms with Gasteiger partial charge >= 0.3 is 11.4 Å². The van der Waals surface area contributed by atoms with Crippen LogP contribution in [0.15, 0.2) is 49.8 Å². The molecule has 3 aromatic rings. The summed E-state index contributed by atoms with van der Waals surface area (Å²) >= 11 is 6.01. The van der Waals surface area contributed by atoms with E-state index in [9.17, 15) is 20.2 Å². The van der Waals surface area contributed by atoms with Crippen molar-refractivity contribution in [3.8, 4) is 0 Å². The minimum atomic E-state index is -0.515. The van der Waals surface area contributed by atoms with Crippen molar-refractivity contribution in [2.24, 2.45) is 0 Å². The summed E-state index contributed by atoms with van der Waals surface area (Å²) in [6.07, 6.45) is 8.85. The van der Waals surface area contributed by atoms with Gasteiger partial charge in [-0.15, -0.1) is 0 Å². The maximum absolute atomic E-state index is 11.6. The number of hydrogen-bond donors (Lipinski definition) is 0. The van der Waals surface area contributed by atoms with Crippen LogP contribution in [-0.4, -0.2) is 29.4 Å². The van der Waals surface area contributed by atoms with Crippen LogP contribution < -0.4 is 4.90 Å². The zero-order valence-corrected chi connectivity index (χ0v) is 19.1. The highest BCUT2D eigenvalue weighted by molar-refractivity contribution is 6.30. The van der Waals surface area contributed by atoms with Crippen molar-refractivity contribution in [3.63, 3.8) is 0 Å². The summed E-state index contributed by atoms with van der Waals surface area (Å²) in [6.45, 7) is 10.3. The van der Waals surface area contributed by atoms with Crippen molar-refractivity contribution in [1.82, 2.24) is 19.6 Å². The molecule has 2 aromatic heterocycles. The SMILES string of the molecule is C=Cn1nc(C)c([N+](=O)[O-])c1/C=C/N(/C=C/c1c([N+](=O)[O-])c(C)nn1C=C)c1ccc(Cl)cc1. The lowest BCUT2D eigenvalue weighted by atomic mass is 10.2. The fraction of sp³-hybridized carbons (Fsp3) is 0.0909. The molecule has 3 rings (SSSR count). The van der Waals surface area contributed by atoms with E-state index in [1.165, 1.54) is 47.8 Å². The molecule has 0 saturated heterocycles. The summed E-state index contributed by atoms with van der Waals surface area (Å²) in [7, 11) is 0. The van der Waals surface area contributed by atoms with Gasteiger partial charge in [-0.2, -0.15) is 10.2 Å². The molecule has 0 fully saturated rings. The highest BCUT2D eigenvalue weighted by Gasteiger charge is 2.24. The number of anilines is 1. The number of nitro groups is 2. The highest BCUT2D eigenvalue weighted by atomic mass is 35.5. The summed E-state index contributed by atoms with van der Waals surface area (Å²) in [5.74, 6) is 0. The van der Waals surface area contributed by atoms with E-state index in [0.717, 1.165) is 0 Å². The number of nitrogens with zero attached hydrogens (tertiary/aromatic N) is 7. The number of rotatable bonds is 9. The molecule has 34 heavy (non-hydrogen) atoms. The minimum absolute atomic E-state index is 0.160. The van der Waals surface area contributed by atoms with Crippen molar-refractivity contribution in [2.75, 3.05) is 4.90 Å². The van der Waals surface area contributed by atoms with Gasteiger partial charge in [0.1, 0.15) is 22.8 Å². The normalized spacial score (nSPS) is 11.3. The Morgan fingerprint density at radius 3 is 1.65 bits per heavy atom. The molecule has 0 N–H and O–H groups in total.